The van der Waals surface area contributed by atoms with E-state index in [1.165, 1.54) is 24.1 Å². The Morgan fingerprint density at radius 1 is 1.07 bits per heavy atom. The summed E-state index contributed by atoms with van der Waals surface area (Å²) in [6.07, 6.45) is 1.60. The minimum Gasteiger partial charge on any atom is -0.504 e. The Hall–Kier alpha value is -3.79. The Labute approximate surface area is 181 Å². The van der Waals surface area contributed by atoms with E-state index < -0.39 is 23.2 Å². The van der Waals surface area contributed by atoms with Gasteiger partial charge in [0.15, 0.2) is 17.2 Å². The van der Waals surface area contributed by atoms with Crippen LogP contribution in [-0.4, -0.2) is 43.2 Å². The lowest BCUT2D eigenvalue weighted by molar-refractivity contribution is 0.0989. The molecule has 10 heteroatoms. The van der Waals surface area contributed by atoms with Crippen LogP contribution in [0.1, 0.15) is 10.5 Å². The molecule has 4 rings (SSSR count). The number of aromatic hydroxyl groups is 3. The van der Waals surface area contributed by atoms with E-state index in [9.17, 15) is 20.1 Å². The van der Waals surface area contributed by atoms with Gasteiger partial charge in [0.25, 0.3) is 5.91 Å². The molecule has 1 amide bonds. The van der Waals surface area contributed by atoms with Gasteiger partial charge in [-0.25, -0.2) is 9.97 Å². The van der Waals surface area contributed by atoms with Crippen LogP contribution < -0.4 is 10.6 Å². The minimum absolute atomic E-state index is 0. The number of aromatic amines is 1. The number of halogens is 1. The maximum atomic E-state index is 12.8. The Bertz CT molecular complexity index is 1230. The van der Waals surface area contributed by atoms with Gasteiger partial charge in [0.2, 0.25) is 0 Å². The number of phenols is 3. The third-order valence-electron chi connectivity index (χ3n) is 4.53. The molecule has 0 radical (unpaired) electrons. The number of aromatic nitrogens is 3. The van der Waals surface area contributed by atoms with E-state index in [1.54, 1.807) is 24.4 Å². The number of nitrogens with zero attached hydrogens (tertiary/aromatic N) is 3. The second-order valence-electron chi connectivity index (χ2n) is 6.48. The lowest BCUT2D eigenvalue weighted by atomic mass is 10.1. The predicted octanol–water partition coefficient (Wildman–Crippen LogP) is 3.18. The lowest BCUT2D eigenvalue weighted by Gasteiger charge is -2.17. The molecule has 0 fully saturated rings. The molecule has 0 spiro atoms. The predicted molar refractivity (Wildman–Crippen MR) is 118 cm³/mol. The Kier molecular flexibility index (Phi) is 5.52. The van der Waals surface area contributed by atoms with Crippen molar-refractivity contribution >= 4 is 45.4 Å². The van der Waals surface area contributed by atoms with Gasteiger partial charge < -0.3 is 30.9 Å². The van der Waals surface area contributed by atoms with Crippen LogP contribution in [0.15, 0.2) is 48.7 Å². The van der Waals surface area contributed by atoms with Crippen molar-refractivity contribution in [1.82, 2.24) is 15.0 Å². The molecule has 3 aromatic heterocycles. The third-order valence-corrected chi connectivity index (χ3v) is 4.53. The van der Waals surface area contributed by atoms with Gasteiger partial charge in [-0.15, -0.1) is 17.0 Å². The van der Waals surface area contributed by atoms with Crippen LogP contribution >= 0.6 is 17.0 Å². The van der Waals surface area contributed by atoms with E-state index in [0.717, 1.165) is 5.56 Å². The first-order valence-corrected chi connectivity index (χ1v) is 8.58. The summed E-state index contributed by atoms with van der Waals surface area (Å²) < 4.78 is 0. The van der Waals surface area contributed by atoms with Crippen LogP contribution in [0, 0.1) is 0 Å². The summed E-state index contributed by atoms with van der Waals surface area (Å²) in [7, 11) is 1.48. The van der Waals surface area contributed by atoms with Gasteiger partial charge in [0, 0.05) is 30.9 Å². The number of hydrogen-bond donors (Lipinski definition) is 5. The van der Waals surface area contributed by atoms with Crippen LogP contribution in [0.4, 0.5) is 11.5 Å². The van der Waals surface area contributed by atoms with Crippen molar-refractivity contribution in [2.45, 2.75) is 0 Å². The van der Waals surface area contributed by atoms with Crippen molar-refractivity contribution in [2.75, 3.05) is 17.7 Å². The monoisotopic (exact) mass is 471 g/mol. The molecule has 30 heavy (non-hydrogen) atoms. The molecule has 0 aliphatic rings. The van der Waals surface area contributed by atoms with Gasteiger partial charge >= 0.3 is 0 Å². The van der Waals surface area contributed by atoms with Crippen molar-refractivity contribution in [1.29, 1.82) is 0 Å². The molecule has 0 atom stereocenters. The fourth-order valence-electron chi connectivity index (χ4n) is 2.97. The highest BCUT2D eigenvalue weighted by Crippen LogP contribution is 2.38. The van der Waals surface area contributed by atoms with Crippen molar-refractivity contribution in [2.24, 2.45) is 0 Å². The molecule has 0 aliphatic heterocycles. The number of amides is 1. The minimum atomic E-state index is -0.645. The number of carbonyl (C=O) groups excluding carboxylic acids is 1. The zero-order valence-corrected chi connectivity index (χ0v) is 17.4. The fraction of sp³-hybridized carbons (Fsp3) is 0.0500. The van der Waals surface area contributed by atoms with Crippen LogP contribution in [-0.2, 0) is 0 Å². The number of nitrogens with one attached hydrogen (secondary N) is 1. The Morgan fingerprint density at radius 3 is 2.43 bits per heavy atom. The molecule has 0 saturated heterocycles. The molecule has 4 aromatic rings. The zero-order chi connectivity index (χ0) is 20.7. The molecular weight excluding hydrogens is 454 g/mol. The summed E-state index contributed by atoms with van der Waals surface area (Å²) in [5, 5.41) is 28.8. The van der Waals surface area contributed by atoms with Gasteiger partial charge in [0.05, 0.1) is 22.4 Å². The molecule has 0 aliphatic carbocycles. The lowest BCUT2D eigenvalue weighted by Crippen LogP contribution is -2.26. The zero-order valence-electron chi connectivity index (χ0n) is 15.7. The van der Waals surface area contributed by atoms with E-state index in [1.807, 2.05) is 12.1 Å². The number of fused-ring (bicyclic) bond motifs is 1. The number of phenolic OH excluding ortho intramolecular Hbond substituents is 3. The maximum Gasteiger partial charge on any atom is 0.274 e. The van der Waals surface area contributed by atoms with Crippen LogP contribution in [0.25, 0.3) is 22.3 Å². The van der Waals surface area contributed by atoms with Gasteiger partial charge in [-0.05, 0) is 30.3 Å². The molecule has 0 unspecified atom stereocenters. The molecule has 154 valence electrons. The Balaban J connectivity index is 0.00000256. The maximum absolute atomic E-state index is 12.8. The first kappa shape index (κ1) is 20.9. The van der Waals surface area contributed by atoms with Gasteiger partial charge in [-0.1, -0.05) is 0 Å². The number of anilines is 2. The van der Waals surface area contributed by atoms with Crippen molar-refractivity contribution in [3.63, 3.8) is 0 Å². The van der Waals surface area contributed by atoms with E-state index in [2.05, 4.69) is 15.0 Å². The topological polar surface area (TPSA) is 149 Å². The van der Waals surface area contributed by atoms with Gasteiger partial charge in [0.1, 0.15) is 11.5 Å². The van der Waals surface area contributed by atoms with Crippen molar-refractivity contribution in [3.05, 3.63) is 54.4 Å². The molecule has 1 aromatic carbocycles. The molecule has 3 heterocycles. The fourth-order valence-corrected chi connectivity index (χ4v) is 2.97. The second kappa shape index (κ2) is 7.91. The van der Waals surface area contributed by atoms with E-state index in [0.29, 0.717) is 22.5 Å². The smallest absolute Gasteiger partial charge is 0.274 e. The van der Waals surface area contributed by atoms with Crippen molar-refractivity contribution < 1.29 is 20.1 Å². The summed E-state index contributed by atoms with van der Waals surface area (Å²) in [5.74, 6) is -1.73. The van der Waals surface area contributed by atoms with Crippen LogP contribution in [0.3, 0.4) is 0 Å². The first-order chi connectivity index (χ1) is 13.8. The molecule has 9 nitrogen and oxygen atoms in total. The summed E-state index contributed by atoms with van der Waals surface area (Å²) in [4.78, 5) is 25.6. The first-order valence-electron chi connectivity index (χ1n) is 8.58. The summed E-state index contributed by atoms with van der Waals surface area (Å²) in [6.45, 7) is 0. The van der Waals surface area contributed by atoms with Crippen LogP contribution in [0.2, 0.25) is 0 Å². The SMILES string of the molecule is Br.CN(C(=O)c1cc2nc(-c3ccnc(N)c3)ccc2[nH]1)c1cc(O)c(O)c(O)c1. The number of H-pyrrole nitrogens is 1. The highest BCUT2D eigenvalue weighted by molar-refractivity contribution is 8.93. The average Bonchev–Trinajstić information content (AvgIpc) is 3.13. The van der Waals surface area contributed by atoms with E-state index in [4.69, 9.17) is 5.73 Å². The summed E-state index contributed by atoms with van der Waals surface area (Å²) in [6, 6.07) is 11.1. The molecule has 6 N–H and O–H groups in total. The molecular formula is C20H18BrN5O4. The molecule has 0 bridgehead atoms. The number of nitrogens with two attached hydrogens (primary N) is 1. The quantitative estimate of drug-likeness (QED) is 0.288. The highest BCUT2D eigenvalue weighted by Gasteiger charge is 2.19. The van der Waals surface area contributed by atoms with Crippen LogP contribution in [0.5, 0.6) is 17.2 Å². The normalized spacial score (nSPS) is 10.6. The third kappa shape index (κ3) is 3.72. The van der Waals surface area contributed by atoms with Crippen molar-refractivity contribution in [3.8, 4) is 28.5 Å². The molecule has 0 saturated carbocycles. The number of pyridine rings is 2. The highest BCUT2D eigenvalue weighted by atomic mass is 79.9. The number of hydrogen-bond acceptors (Lipinski definition) is 7. The Morgan fingerprint density at radius 2 is 1.77 bits per heavy atom. The van der Waals surface area contributed by atoms with E-state index in [-0.39, 0.29) is 28.4 Å². The summed E-state index contributed by atoms with van der Waals surface area (Å²) >= 11 is 0. The number of benzene rings is 1. The number of carbonyl (C=O) groups is 1. The average molecular weight is 472 g/mol. The largest absolute Gasteiger partial charge is 0.504 e. The summed E-state index contributed by atoms with van der Waals surface area (Å²) in [5.41, 5.74) is 8.96. The standard InChI is InChI=1S/C20H17N5O4.BrH/c1-25(11-7-16(26)19(28)17(27)8-11)20(29)15-9-14-13(24-15)3-2-12(23-14)10-4-5-22-18(21)6-10;/h2-9,24,26-28H,1H3,(H2,21,22);1H. The van der Waals surface area contributed by atoms with E-state index >= 15 is 0 Å². The number of rotatable bonds is 3. The number of nitrogen functional groups attached to an aromatic ring is 1. The van der Waals surface area contributed by atoms with Gasteiger partial charge in [-0.2, -0.15) is 0 Å². The van der Waals surface area contributed by atoms with Gasteiger partial charge in [-0.3, -0.25) is 4.79 Å². The second-order valence-corrected chi connectivity index (χ2v) is 6.48.